The van der Waals surface area contributed by atoms with Gasteiger partial charge < -0.3 is 9.88 Å². The Kier molecular flexibility index (Phi) is 5.79. The van der Waals surface area contributed by atoms with Gasteiger partial charge in [0.1, 0.15) is 12.2 Å². The molecule has 0 amide bonds. The number of nitrogens with one attached hydrogen (secondary N) is 1. The van der Waals surface area contributed by atoms with Gasteiger partial charge in [0.2, 0.25) is 0 Å². The van der Waals surface area contributed by atoms with E-state index in [2.05, 4.69) is 28.5 Å². The predicted molar refractivity (Wildman–Crippen MR) is 70.6 cm³/mol. The number of rotatable bonds is 8. The van der Waals surface area contributed by atoms with Gasteiger partial charge in [-0.2, -0.15) is 5.26 Å². The fraction of sp³-hybridized carbons (Fsp3) is 0.769. The van der Waals surface area contributed by atoms with Crippen LogP contribution in [0.25, 0.3) is 0 Å². The van der Waals surface area contributed by atoms with Gasteiger partial charge in [-0.3, -0.25) is 0 Å². The number of hydrogen-bond donors (Lipinski definition) is 1. The molecule has 1 aromatic rings. The van der Waals surface area contributed by atoms with Crippen LogP contribution in [0.2, 0.25) is 0 Å². The number of nitrogens with zero attached hydrogens (tertiary/aromatic N) is 4. The molecule has 5 heteroatoms. The smallest absolute Gasteiger partial charge is 0.146 e. The van der Waals surface area contributed by atoms with Crippen LogP contribution in [0.15, 0.2) is 6.33 Å². The third-order valence-electron chi connectivity index (χ3n) is 3.03. The minimum atomic E-state index is -0.192. The molecule has 0 unspecified atom stereocenters. The second-order valence-corrected chi connectivity index (χ2v) is 5.16. The Bertz CT molecular complexity index is 388. The molecule has 0 spiro atoms. The molecule has 0 bridgehead atoms. The quantitative estimate of drug-likeness (QED) is 0.716. The molecule has 0 radical (unpaired) electrons. The van der Waals surface area contributed by atoms with Gasteiger partial charge in [-0.05, 0) is 40.2 Å². The highest BCUT2D eigenvalue weighted by atomic mass is 15.3. The molecule has 18 heavy (non-hydrogen) atoms. The lowest BCUT2D eigenvalue weighted by molar-refractivity contribution is 0.421. The van der Waals surface area contributed by atoms with Crippen LogP contribution in [0.1, 0.15) is 45.9 Å². The van der Waals surface area contributed by atoms with Crippen molar-refractivity contribution in [3.63, 3.8) is 0 Å². The van der Waals surface area contributed by atoms with Crippen LogP contribution < -0.4 is 5.32 Å². The molecule has 0 aromatic carbocycles. The minimum absolute atomic E-state index is 0.192. The molecular weight excluding hydrogens is 226 g/mol. The van der Waals surface area contributed by atoms with E-state index in [-0.39, 0.29) is 5.41 Å². The summed E-state index contributed by atoms with van der Waals surface area (Å²) in [5.41, 5.74) is -0.192. The summed E-state index contributed by atoms with van der Waals surface area (Å²) in [6, 6.07) is 2.33. The molecule has 0 aliphatic carbocycles. The molecule has 1 heterocycles. The van der Waals surface area contributed by atoms with Crippen molar-refractivity contribution in [1.82, 2.24) is 20.1 Å². The number of aryl methyl sites for hydroxylation is 1. The summed E-state index contributed by atoms with van der Waals surface area (Å²) in [5, 5.41) is 20.2. The van der Waals surface area contributed by atoms with Crippen LogP contribution in [0.5, 0.6) is 0 Å². The standard InChI is InChI=1S/C13H23N5/c1-4-18-11-16-17-12(18)9-15-8-6-5-7-13(2,3)10-14/h11,15H,4-9H2,1-3H3. The maximum atomic E-state index is 8.90. The lowest BCUT2D eigenvalue weighted by Crippen LogP contribution is -2.18. The summed E-state index contributed by atoms with van der Waals surface area (Å²) in [6.07, 6.45) is 4.88. The van der Waals surface area contributed by atoms with Gasteiger partial charge in [0, 0.05) is 6.54 Å². The SMILES string of the molecule is CCn1cnnc1CNCCCCC(C)(C)C#N. The van der Waals surface area contributed by atoms with E-state index >= 15 is 0 Å². The van der Waals surface area contributed by atoms with E-state index in [9.17, 15) is 0 Å². The van der Waals surface area contributed by atoms with E-state index in [1.165, 1.54) is 0 Å². The Morgan fingerprint density at radius 3 is 2.89 bits per heavy atom. The largest absolute Gasteiger partial charge is 0.317 e. The minimum Gasteiger partial charge on any atom is -0.317 e. The topological polar surface area (TPSA) is 66.5 Å². The average Bonchev–Trinajstić information content (AvgIpc) is 2.81. The van der Waals surface area contributed by atoms with E-state index in [0.717, 1.165) is 44.7 Å². The van der Waals surface area contributed by atoms with Crippen LogP contribution in [-0.4, -0.2) is 21.3 Å². The van der Waals surface area contributed by atoms with Crippen LogP contribution in [0, 0.1) is 16.7 Å². The monoisotopic (exact) mass is 249 g/mol. The van der Waals surface area contributed by atoms with Gasteiger partial charge >= 0.3 is 0 Å². The highest BCUT2D eigenvalue weighted by Gasteiger charge is 2.15. The third kappa shape index (κ3) is 4.84. The van der Waals surface area contributed by atoms with Gasteiger partial charge in [-0.25, -0.2) is 0 Å². The maximum absolute atomic E-state index is 8.90. The van der Waals surface area contributed by atoms with Crippen LogP contribution in [0.4, 0.5) is 0 Å². The Morgan fingerprint density at radius 1 is 1.44 bits per heavy atom. The van der Waals surface area contributed by atoms with Crippen LogP contribution >= 0.6 is 0 Å². The van der Waals surface area contributed by atoms with Crippen molar-refractivity contribution in [3.8, 4) is 6.07 Å². The Morgan fingerprint density at radius 2 is 2.22 bits per heavy atom. The average molecular weight is 249 g/mol. The van der Waals surface area contributed by atoms with Crippen molar-refractivity contribution >= 4 is 0 Å². The van der Waals surface area contributed by atoms with Crippen LogP contribution in [-0.2, 0) is 13.1 Å². The number of unbranched alkanes of at least 4 members (excludes halogenated alkanes) is 1. The molecule has 5 nitrogen and oxygen atoms in total. The van der Waals surface area contributed by atoms with E-state index in [1.54, 1.807) is 6.33 Å². The van der Waals surface area contributed by atoms with Crippen molar-refractivity contribution in [1.29, 1.82) is 5.26 Å². The van der Waals surface area contributed by atoms with Crippen molar-refractivity contribution in [3.05, 3.63) is 12.2 Å². The molecule has 100 valence electrons. The molecule has 0 saturated carbocycles. The second kappa shape index (κ2) is 7.12. The predicted octanol–water partition coefficient (Wildman–Crippen LogP) is 2.11. The van der Waals surface area contributed by atoms with Gasteiger partial charge in [0.05, 0.1) is 18.0 Å². The fourth-order valence-electron chi connectivity index (χ4n) is 1.75. The molecule has 0 aliphatic heterocycles. The first-order chi connectivity index (χ1) is 8.59. The summed E-state index contributed by atoms with van der Waals surface area (Å²) in [6.45, 7) is 8.68. The molecule has 0 atom stereocenters. The molecule has 0 aliphatic rings. The molecule has 1 aromatic heterocycles. The van der Waals surface area contributed by atoms with Crippen molar-refractivity contribution in [2.45, 2.75) is 53.1 Å². The molecule has 1 N–H and O–H groups in total. The van der Waals surface area contributed by atoms with Crippen molar-refractivity contribution in [2.75, 3.05) is 6.54 Å². The summed E-state index contributed by atoms with van der Waals surface area (Å²) in [4.78, 5) is 0. The highest BCUT2D eigenvalue weighted by Crippen LogP contribution is 2.21. The fourth-order valence-corrected chi connectivity index (χ4v) is 1.75. The third-order valence-corrected chi connectivity index (χ3v) is 3.03. The van der Waals surface area contributed by atoms with E-state index in [0.29, 0.717) is 0 Å². The van der Waals surface area contributed by atoms with Crippen molar-refractivity contribution in [2.24, 2.45) is 5.41 Å². The zero-order valence-corrected chi connectivity index (χ0v) is 11.6. The number of nitriles is 1. The normalized spacial score (nSPS) is 11.4. The maximum Gasteiger partial charge on any atom is 0.146 e. The van der Waals surface area contributed by atoms with Gasteiger partial charge in [-0.1, -0.05) is 6.42 Å². The summed E-state index contributed by atoms with van der Waals surface area (Å²) < 4.78 is 2.03. The van der Waals surface area contributed by atoms with Gasteiger partial charge in [0.15, 0.2) is 0 Å². The van der Waals surface area contributed by atoms with Gasteiger partial charge in [-0.15, -0.1) is 10.2 Å². The Hall–Kier alpha value is -1.41. The molecular formula is C13H23N5. The first-order valence-corrected chi connectivity index (χ1v) is 6.57. The van der Waals surface area contributed by atoms with Gasteiger partial charge in [0.25, 0.3) is 0 Å². The zero-order chi connectivity index (χ0) is 13.4. The zero-order valence-electron chi connectivity index (χ0n) is 11.6. The van der Waals surface area contributed by atoms with Crippen LogP contribution in [0.3, 0.4) is 0 Å². The first kappa shape index (κ1) is 14.7. The second-order valence-electron chi connectivity index (χ2n) is 5.16. The summed E-state index contributed by atoms with van der Waals surface area (Å²) >= 11 is 0. The highest BCUT2D eigenvalue weighted by molar-refractivity contribution is 4.91. The number of hydrogen-bond acceptors (Lipinski definition) is 4. The Labute approximate surface area is 109 Å². The van der Waals surface area contributed by atoms with Crippen molar-refractivity contribution < 1.29 is 0 Å². The Balaban J connectivity index is 2.11. The summed E-state index contributed by atoms with van der Waals surface area (Å²) in [7, 11) is 0. The first-order valence-electron chi connectivity index (χ1n) is 6.57. The van der Waals surface area contributed by atoms with E-state index in [1.807, 2.05) is 18.4 Å². The molecule has 0 saturated heterocycles. The lowest BCUT2D eigenvalue weighted by atomic mass is 9.89. The van der Waals surface area contributed by atoms with E-state index in [4.69, 9.17) is 5.26 Å². The number of aromatic nitrogens is 3. The summed E-state index contributed by atoms with van der Waals surface area (Å²) in [5.74, 6) is 0.981. The molecule has 0 fully saturated rings. The molecule has 1 rings (SSSR count). The van der Waals surface area contributed by atoms with E-state index < -0.39 is 0 Å². The lowest BCUT2D eigenvalue weighted by Gasteiger charge is -2.14.